The fourth-order valence-electron chi connectivity index (χ4n) is 0.676. The van der Waals surface area contributed by atoms with Gasteiger partial charge in [0.15, 0.2) is 0 Å². The summed E-state index contributed by atoms with van der Waals surface area (Å²) in [5, 5.41) is 3.12. The van der Waals surface area contributed by atoms with Crippen LogP contribution in [0.3, 0.4) is 0 Å². The summed E-state index contributed by atoms with van der Waals surface area (Å²) in [4.78, 5) is 4.16. The molecule has 1 aromatic rings. The van der Waals surface area contributed by atoms with E-state index in [-0.39, 0.29) is 5.41 Å². The fraction of sp³-hybridized carbons (Fsp3) is 0.500. The van der Waals surface area contributed by atoms with Crippen molar-refractivity contribution in [1.29, 1.82) is 0 Å². The van der Waals surface area contributed by atoms with Crippen LogP contribution in [0.2, 0.25) is 0 Å². The molecule has 0 aromatic carbocycles. The van der Waals surface area contributed by atoms with Gasteiger partial charge in [-0.3, -0.25) is 0 Å². The van der Waals surface area contributed by atoms with Crippen LogP contribution < -0.4 is 0 Å². The highest BCUT2D eigenvalue weighted by Crippen LogP contribution is 2.23. The highest BCUT2D eigenvalue weighted by molar-refractivity contribution is 7.09. The largest absolute Gasteiger partial charge is 0.249 e. The molecule has 1 rings (SSSR count). The smallest absolute Gasteiger partial charge is 0.0968 e. The van der Waals surface area contributed by atoms with Crippen LogP contribution in [-0.2, 0) is 0 Å². The molecule has 0 amide bonds. The van der Waals surface area contributed by atoms with Crippen molar-refractivity contribution in [2.24, 2.45) is 5.41 Å². The summed E-state index contributed by atoms with van der Waals surface area (Å²) in [6.07, 6.45) is 4.01. The first-order valence-electron chi connectivity index (χ1n) is 3.33. The second kappa shape index (κ2) is 2.70. The molecule has 0 aliphatic rings. The van der Waals surface area contributed by atoms with Crippen molar-refractivity contribution in [2.75, 3.05) is 0 Å². The molecular formula is C8H12NS. The maximum absolute atomic E-state index is 4.16. The molecular weight excluding hydrogens is 142 g/mol. The van der Waals surface area contributed by atoms with Gasteiger partial charge < -0.3 is 0 Å². The molecule has 0 saturated heterocycles. The Hall–Kier alpha value is -0.370. The lowest BCUT2D eigenvalue weighted by molar-refractivity contribution is 0.505. The number of thiazole rings is 1. The summed E-state index contributed by atoms with van der Waals surface area (Å²) < 4.78 is 0. The quantitative estimate of drug-likeness (QED) is 0.606. The number of hydrogen-bond acceptors (Lipinski definition) is 2. The van der Waals surface area contributed by atoms with Gasteiger partial charge in [0, 0.05) is 18.0 Å². The summed E-state index contributed by atoms with van der Waals surface area (Å²) in [5.74, 6) is 0. The van der Waals surface area contributed by atoms with Gasteiger partial charge in [-0.05, 0) is 5.41 Å². The highest BCUT2D eigenvalue weighted by Gasteiger charge is 2.12. The molecule has 0 N–H and O–H groups in total. The Morgan fingerprint density at radius 2 is 2.20 bits per heavy atom. The Kier molecular flexibility index (Phi) is 2.09. The van der Waals surface area contributed by atoms with Crippen LogP contribution in [-0.4, -0.2) is 4.98 Å². The third-order valence-electron chi connectivity index (χ3n) is 1.01. The van der Waals surface area contributed by atoms with Crippen LogP contribution in [0.15, 0.2) is 11.6 Å². The lowest BCUT2D eigenvalue weighted by Crippen LogP contribution is -2.05. The van der Waals surface area contributed by atoms with Crippen molar-refractivity contribution >= 4 is 11.3 Å². The Morgan fingerprint density at radius 1 is 1.50 bits per heavy atom. The Balaban J connectivity index is 2.57. The summed E-state index contributed by atoms with van der Waals surface area (Å²) >= 11 is 1.68. The predicted molar refractivity (Wildman–Crippen MR) is 45.0 cm³/mol. The van der Waals surface area contributed by atoms with E-state index in [1.807, 2.05) is 11.6 Å². The molecule has 2 heteroatoms. The van der Waals surface area contributed by atoms with E-state index < -0.39 is 0 Å². The van der Waals surface area contributed by atoms with Crippen LogP contribution in [0.4, 0.5) is 0 Å². The summed E-state index contributed by atoms with van der Waals surface area (Å²) in [6.45, 7) is 6.52. The molecule has 1 nitrogen and oxygen atoms in total. The SMILES string of the molecule is CC(C)(C)[CH]c1nccs1. The molecule has 0 bridgehead atoms. The minimum absolute atomic E-state index is 0.248. The topological polar surface area (TPSA) is 12.9 Å². The molecule has 0 spiro atoms. The monoisotopic (exact) mass is 154 g/mol. The lowest BCUT2D eigenvalue weighted by Gasteiger charge is -2.14. The molecule has 10 heavy (non-hydrogen) atoms. The molecule has 55 valence electrons. The third kappa shape index (κ3) is 2.48. The second-order valence-electron chi connectivity index (χ2n) is 3.38. The maximum atomic E-state index is 4.16. The van der Waals surface area contributed by atoms with E-state index in [0.717, 1.165) is 5.01 Å². The predicted octanol–water partition coefficient (Wildman–Crippen LogP) is 2.74. The lowest BCUT2D eigenvalue weighted by atomic mass is 9.93. The number of rotatable bonds is 1. The molecule has 0 atom stereocenters. The van der Waals surface area contributed by atoms with Crippen molar-refractivity contribution < 1.29 is 0 Å². The number of nitrogens with zero attached hydrogens (tertiary/aromatic N) is 1. The first-order chi connectivity index (χ1) is 4.58. The van der Waals surface area contributed by atoms with Crippen molar-refractivity contribution in [3.05, 3.63) is 23.0 Å². The first-order valence-corrected chi connectivity index (χ1v) is 4.21. The molecule has 0 unspecified atom stereocenters. The average molecular weight is 154 g/mol. The molecule has 0 aliphatic carbocycles. The first kappa shape index (κ1) is 7.73. The van der Waals surface area contributed by atoms with Crippen molar-refractivity contribution in [2.45, 2.75) is 20.8 Å². The highest BCUT2D eigenvalue weighted by atomic mass is 32.1. The van der Waals surface area contributed by atoms with Gasteiger partial charge in [0.1, 0.15) is 0 Å². The van der Waals surface area contributed by atoms with Gasteiger partial charge >= 0.3 is 0 Å². The van der Waals surface area contributed by atoms with Gasteiger partial charge in [0.2, 0.25) is 0 Å². The van der Waals surface area contributed by atoms with E-state index in [2.05, 4.69) is 32.2 Å². The van der Waals surface area contributed by atoms with Crippen molar-refractivity contribution in [1.82, 2.24) is 4.98 Å². The molecule has 0 aliphatic heterocycles. The summed E-state index contributed by atoms with van der Waals surface area (Å²) in [6, 6.07) is 0. The van der Waals surface area contributed by atoms with Crippen molar-refractivity contribution in [3.63, 3.8) is 0 Å². The van der Waals surface area contributed by atoms with Crippen LogP contribution in [0.1, 0.15) is 25.8 Å². The number of aromatic nitrogens is 1. The summed E-state index contributed by atoms with van der Waals surface area (Å²) in [7, 11) is 0. The normalized spacial score (nSPS) is 11.9. The minimum Gasteiger partial charge on any atom is -0.249 e. The van der Waals surface area contributed by atoms with E-state index in [0.29, 0.717) is 0 Å². The van der Waals surface area contributed by atoms with Crippen LogP contribution in [0.25, 0.3) is 0 Å². The Bertz CT molecular complexity index is 184. The van der Waals surface area contributed by atoms with Crippen LogP contribution in [0.5, 0.6) is 0 Å². The van der Waals surface area contributed by atoms with Crippen molar-refractivity contribution in [3.8, 4) is 0 Å². The zero-order chi connectivity index (χ0) is 7.61. The molecule has 1 aromatic heterocycles. The van der Waals surface area contributed by atoms with E-state index in [1.54, 1.807) is 11.3 Å². The van der Waals surface area contributed by atoms with E-state index in [1.165, 1.54) is 0 Å². The van der Waals surface area contributed by atoms with Gasteiger partial charge in [0.05, 0.1) is 5.01 Å². The van der Waals surface area contributed by atoms with Crippen LogP contribution in [0, 0.1) is 11.8 Å². The molecule has 0 fully saturated rings. The standard InChI is InChI=1S/C8H12NS/c1-8(2,3)6-7-9-4-5-10-7/h4-6H,1-3H3. The van der Waals surface area contributed by atoms with Gasteiger partial charge in [-0.2, -0.15) is 0 Å². The summed E-state index contributed by atoms with van der Waals surface area (Å²) in [5.41, 5.74) is 0.248. The average Bonchev–Trinajstić information content (AvgIpc) is 2.12. The van der Waals surface area contributed by atoms with E-state index in [4.69, 9.17) is 0 Å². The van der Waals surface area contributed by atoms with Gasteiger partial charge in [0.25, 0.3) is 0 Å². The van der Waals surface area contributed by atoms with E-state index in [9.17, 15) is 0 Å². The van der Waals surface area contributed by atoms with Gasteiger partial charge in [-0.15, -0.1) is 11.3 Å². The Labute approximate surface area is 66.1 Å². The third-order valence-corrected chi connectivity index (χ3v) is 1.73. The zero-order valence-electron chi connectivity index (χ0n) is 6.59. The zero-order valence-corrected chi connectivity index (χ0v) is 7.40. The minimum atomic E-state index is 0.248. The maximum Gasteiger partial charge on any atom is 0.0968 e. The molecule has 1 heterocycles. The van der Waals surface area contributed by atoms with Crippen LogP contribution >= 0.6 is 11.3 Å². The number of hydrogen-bond donors (Lipinski definition) is 0. The van der Waals surface area contributed by atoms with E-state index >= 15 is 0 Å². The second-order valence-corrected chi connectivity index (χ2v) is 4.31. The van der Waals surface area contributed by atoms with Gasteiger partial charge in [-0.25, -0.2) is 4.98 Å². The molecule has 0 saturated carbocycles. The molecule has 1 radical (unpaired) electrons. The van der Waals surface area contributed by atoms with Gasteiger partial charge in [-0.1, -0.05) is 20.8 Å². The fourth-order valence-corrected chi connectivity index (χ4v) is 1.48. The Morgan fingerprint density at radius 3 is 2.60 bits per heavy atom.